The van der Waals surface area contributed by atoms with Crippen molar-refractivity contribution in [1.82, 2.24) is 0 Å². The van der Waals surface area contributed by atoms with Crippen LogP contribution in [0.5, 0.6) is 0 Å². The third-order valence-electron chi connectivity index (χ3n) is 4.92. The number of hydrogen-bond acceptors (Lipinski definition) is 11. The zero-order valence-corrected chi connectivity index (χ0v) is 33.9. The first-order valence-corrected chi connectivity index (χ1v) is 17.9. The van der Waals surface area contributed by atoms with Crippen LogP contribution in [0.25, 0.3) is 0 Å². The summed E-state index contributed by atoms with van der Waals surface area (Å²) in [5.41, 5.74) is -0.482. The molecule has 0 radical (unpaired) electrons. The summed E-state index contributed by atoms with van der Waals surface area (Å²) < 4.78 is 28.6. The van der Waals surface area contributed by atoms with Crippen LogP contribution in [-0.4, -0.2) is 86.9 Å². The Morgan fingerprint density at radius 1 is 0.395 bits per heavy atom. The standard InChI is InChI=1S/C24H18Br8O11/c25-13-9(21(35)40-3-1-33)11(15(27)19(31)17(13)29)23(37)42-7-5-39-6-8-43-24(38)12-10(22(36)41-4-2-34)14(26)18(30)20(32)16(12)28/h33-34H,1-8H2. The van der Waals surface area contributed by atoms with Crippen LogP contribution >= 0.6 is 127 Å². The fourth-order valence-electron chi connectivity index (χ4n) is 3.08. The zero-order valence-electron chi connectivity index (χ0n) is 21.2. The van der Waals surface area contributed by atoms with Crippen molar-refractivity contribution in [3.63, 3.8) is 0 Å². The van der Waals surface area contributed by atoms with Gasteiger partial charge < -0.3 is 33.9 Å². The van der Waals surface area contributed by atoms with Crippen LogP contribution in [0.3, 0.4) is 0 Å². The number of halogens is 8. The number of ether oxygens (including phenoxy) is 5. The average Bonchev–Trinajstić information content (AvgIpc) is 2.98. The Bertz CT molecular complexity index is 1300. The Morgan fingerprint density at radius 2 is 0.628 bits per heavy atom. The number of carbonyl (C=O) groups excluding carboxylic acids is 4. The lowest BCUT2D eigenvalue weighted by atomic mass is 10.1. The summed E-state index contributed by atoms with van der Waals surface area (Å²) in [6.45, 7) is -1.93. The molecule has 0 amide bonds. The minimum atomic E-state index is -0.860. The summed E-state index contributed by atoms with van der Waals surface area (Å²) in [5, 5.41) is 18.0. The summed E-state index contributed by atoms with van der Waals surface area (Å²) in [6.07, 6.45) is 0. The molecule has 2 aromatic carbocycles. The number of benzene rings is 2. The highest BCUT2D eigenvalue weighted by Gasteiger charge is 2.31. The van der Waals surface area contributed by atoms with Crippen LogP contribution in [0.2, 0.25) is 0 Å². The first-order valence-electron chi connectivity index (χ1n) is 11.5. The molecule has 0 saturated heterocycles. The van der Waals surface area contributed by atoms with Gasteiger partial charge in [-0.05, 0) is 127 Å². The number of aliphatic hydroxyl groups excluding tert-OH is 2. The second kappa shape index (κ2) is 19.0. The van der Waals surface area contributed by atoms with Crippen LogP contribution in [0.1, 0.15) is 41.4 Å². The molecule has 2 rings (SSSR count). The van der Waals surface area contributed by atoms with Gasteiger partial charge in [0, 0.05) is 35.8 Å². The third kappa shape index (κ3) is 10.0. The molecule has 0 bridgehead atoms. The zero-order chi connectivity index (χ0) is 32.4. The minimum Gasteiger partial charge on any atom is -0.460 e. The van der Waals surface area contributed by atoms with Gasteiger partial charge in [-0.2, -0.15) is 0 Å². The van der Waals surface area contributed by atoms with E-state index in [4.69, 9.17) is 33.9 Å². The van der Waals surface area contributed by atoms with Gasteiger partial charge in [-0.3, -0.25) is 0 Å². The first-order chi connectivity index (χ1) is 20.3. The predicted molar refractivity (Wildman–Crippen MR) is 181 cm³/mol. The van der Waals surface area contributed by atoms with Crippen molar-refractivity contribution < 1.29 is 53.1 Å². The van der Waals surface area contributed by atoms with Crippen LogP contribution in [0.4, 0.5) is 0 Å². The normalized spacial score (nSPS) is 10.8. The molecule has 0 aliphatic rings. The summed E-state index contributed by atoms with van der Waals surface area (Å²) in [7, 11) is 0. The topological polar surface area (TPSA) is 155 Å². The first kappa shape index (κ1) is 39.2. The molecule has 0 atom stereocenters. The van der Waals surface area contributed by atoms with Crippen molar-refractivity contribution in [2.24, 2.45) is 0 Å². The number of rotatable bonds is 14. The molecule has 0 spiro atoms. The largest absolute Gasteiger partial charge is 0.460 e. The van der Waals surface area contributed by atoms with Gasteiger partial charge in [-0.25, -0.2) is 19.2 Å². The highest BCUT2D eigenvalue weighted by Crippen LogP contribution is 2.44. The van der Waals surface area contributed by atoms with E-state index in [0.29, 0.717) is 17.9 Å². The van der Waals surface area contributed by atoms with E-state index in [1.165, 1.54) is 0 Å². The summed E-state index contributed by atoms with van der Waals surface area (Å²) in [6, 6.07) is 0. The van der Waals surface area contributed by atoms with Crippen molar-refractivity contribution in [2.45, 2.75) is 0 Å². The van der Waals surface area contributed by atoms with Crippen molar-refractivity contribution in [2.75, 3.05) is 52.9 Å². The van der Waals surface area contributed by atoms with E-state index in [9.17, 15) is 19.2 Å². The quantitative estimate of drug-likeness (QED) is 0.0654. The molecule has 2 aromatic rings. The Kier molecular flexibility index (Phi) is 17.3. The fraction of sp³-hybridized carbons (Fsp3) is 0.333. The maximum Gasteiger partial charge on any atom is 0.340 e. The van der Waals surface area contributed by atoms with E-state index in [0.717, 1.165) is 0 Å². The molecule has 43 heavy (non-hydrogen) atoms. The van der Waals surface area contributed by atoms with Gasteiger partial charge in [0.2, 0.25) is 0 Å². The van der Waals surface area contributed by atoms with Gasteiger partial charge in [0.1, 0.15) is 26.4 Å². The summed E-state index contributed by atoms with van der Waals surface area (Å²) in [5.74, 6) is -3.44. The van der Waals surface area contributed by atoms with Crippen LogP contribution < -0.4 is 0 Å². The fourth-order valence-corrected chi connectivity index (χ4v) is 7.97. The highest BCUT2D eigenvalue weighted by atomic mass is 79.9. The summed E-state index contributed by atoms with van der Waals surface area (Å²) in [4.78, 5) is 51.1. The molecule has 0 unspecified atom stereocenters. The lowest BCUT2D eigenvalue weighted by Gasteiger charge is -2.16. The van der Waals surface area contributed by atoms with Gasteiger partial charge >= 0.3 is 23.9 Å². The molecular weight excluding hydrogens is 1100 g/mol. The molecule has 0 saturated carbocycles. The molecule has 0 aliphatic carbocycles. The molecule has 0 heterocycles. The van der Waals surface area contributed by atoms with Gasteiger partial charge in [0.05, 0.1) is 48.7 Å². The SMILES string of the molecule is O=C(OCCO)c1c(Br)c(Br)c(Br)c(Br)c1C(=O)OCCOCCOC(=O)c1c(Br)c(Br)c(Br)c(Br)c1C(=O)OCCO. The molecule has 11 nitrogen and oxygen atoms in total. The number of hydrogen-bond donors (Lipinski definition) is 2. The van der Waals surface area contributed by atoms with Gasteiger partial charge in [0.25, 0.3) is 0 Å². The van der Waals surface area contributed by atoms with Crippen LogP contribution in [-0.2, 0) is 23.7 Å². The molecule has 236 valence electrons. The lowest BCUT2D eigenvalue weighted by Crippen LogP contribution is -2.20. The second-order valence-electron chi connectivity index (χ2n) is 7.62. The minimum absolute atomic E-state index is 0.0815. The van der Waals surface area contributed by atoms with Gasteiger partial charge in [-0.15, -0.1) is 0 Å². The van der Waals surface area contributed by atoms with E-state index >= 15 is 0 Å². The van der Waals surface area contributed by atoms with E-state index < -0.39 is 37.1 Å². The van der Waals surface area contributed by atoms with Crippen LogP contribution in [0.15, 0.2) is 35.8 Å². The van der Waals surface area contributed by atoms with Gasteiger partial charge in [-0.1, -0.05) is 0 Å². The number of esters is 4. The molecule has 0 aliphatic heterocycles. The third-order valence-corrected chi connectivity index (χ3v) is 14.5. The predicted octanol–water partition coefficient (Wildman–Crippen LogP) is 7.12. The van der Waals surface area contributed by atoms with Gasteiger partial charge in [0.15, 0.2) is 0 Å². The Labute approximate surface area is 312 Å². The van der Waals surface area contributed by atoms with E-state index in [1.807, 2.05) is 0 Å². The maximum atomic E-state index is 12.9. The Hall–Kier alpha value is 0.0400. The Morgan fingerprint density at radius 3 is 0.860 bits per heavy atom. The van der Waals surface area contributed by atoms with E-state index in [1.54, 1.807) is 0 Å². The number of carbonyl (C=O) groups is 4. The maximum absolute atomic E-state index is 12.9. The molecular formula is C24H18Br8O11. The summed E-state index contributed by atoms with van der Waals surface area (Å²) >= 11 is 26.4. The Balaban J connectivity index is 2.02. The number of aliphatic hydroxyl groups is 2. The molecule has 2 N–H and O–H groups in total. The van der Waals surface area contributed by atoms with Crippen molar-refractivity contribution in [3.8, 4) is 0 Å². The van der Waals surface area contributed by atoms with Crippen molar-refractivity contribution in [3.05, 3.63) is 58.0 Å². The smallest absolute Gasteiger partial charge is 0.340 e. The van der Waals surface area contributed by atoms with E-state index in [-0.39, 0.29) is 79.8 Å². The second-order valence-corrected chi connectivity index (χ2v) is 14.0. The van der Waals surface area contributed by atoms with E-state index in [2.05, 4.69) is 127 Å². The lowest BCUT2D eigenvalue weighted by molar-refractivity contribution is 0.0143. The highest BCUT2D eigenvalue weighted by molar-refractivity contribution is 9.15. The monoisotopic (exact) mass is 1110 g/mol. The van der Waals surface area contributed by atoms with Crippen LogP contribution in [0, 0.1) is 0 Å². The molecule has 19 heteroatoms. The molecule has 0 fully saturated rings. The molecule has 0 aromatic heterocycles. The van der Waals surface area contributed by atoms with Crippen molar-refractivity contribution in [1.29, 1.82) is 0 Å². The average molecular weight is 1120 g/mol. The van der Waals surface area contributed by atoms with Crippen molar-refractivity contribution >= 4 is 151 Å².